The minimum absolute atomic E-state index is 0.0134. The molecule has 1 atom stereocenters. The minimum Gasteiger partial charge on any atom is -0.310 e. The maximum atomic E-state index is 13.2. The molecule has 0 aliphatic heterocycles. The molecule has 1 nitrogen and oxygen atoms in total. The Balaban J connectivity index is 2.83. The Bertz CT molecular complexity index is 362. The van der Waals surface area contributed by atoms with Gasteiger partial charge in [0.15, 0.2) is 0 Å². The van der Waals surface area contributed by atoms with Crippen LogP contribution in [0.15, 0.2) is 18.2 Å². The van der Waals surface area contributed by atoms with Crippen LogP contribution in [0.3, 0.4) is 0 Å². The third-order valence-corrected chi connectivity index (χ3v) is 2.92. The number of hydrogen-bond donors (Lipinski definition) is 1. The fourth-order valence-electron chi connectivity index (χ4n) is 1.99. The van der Waals surface area contributed by atoms with E-state index in [1.165, 1.54) is 12.1 Å². The van der Waals surface area contributed by atoms with E-state index in [2.05, 4.69) is 26.1 Å². The first-order valence-electron chi connectivity index (χ1n) is 6.51. The van der Waals surface area contributed by atoms with Crippen LogP contribution in [0.5, 0.6) is 0 Å². The highest BCUT2D eigenvalue weighted by Crippen LogP contribution is 2.28. The summed E-state index contributed by atoms with van der Waals surface area (Å²) >= 11 is 0. The lowest BCUT2D eigenvalue weighted by molar-refractivity contribution is 0.333. The molecule has 0 heterocycles. The number of nitrogens with one attached hydrogen (secondary N) is 1. The van der Waals surface area contributed by atoms with Crippen LogP contribution in [-0.4, -0.2) is 6.54 Å². The molecular weight excluding hydrogens is 232 g/mol. The molecule has 0 saturated heterocycles. The van der Waals surface area contributed by atoms with Crippen molar-refractivity contribution in [3.8, 4) is 0 Å². The SMILES string of the molecule is CCNC(CCC(C)(C)C)c1cc(F)cc(F)c1. The standard InChI is InChI=1S/C15H23F2N/c1-5-18-14(6-7-15(2,3)4)11-8-12(16)10-13(17)9-11/h8-10,14,18H,5-7H2,1-4H3. The Morgan fingerprint density at radius 1 is 1.11 bits per heavy atom. The molecule has 0 aliphatic carbocycles. The van der Waals surface area contributed by atoms with Crippen molar-refractivity contribution < 1.29 is 8.78 Å². The predicted molar refractivity (Wildman–Crippen MR) is 71.5 cm³/mol. The predicted octanol–water partition coefficient (Wildman–Crippen LogP) is 4.44. The monoisotopic (exact) mass is 255 g/mol. The average molecular weight is 255 g/mol. The van der Waals surface area contributed by atoms with Crippen molar-refractivity contribution in [1.82, 2.24) is 5.32 Å². The van der Waals surface area contributed by atoms with Crippen molar-refractivity contribution in [3.05, 3.63) is 35.4 Å². The molecule has 3 heteroatoms. The molecule has 0 bridgehead atoms. The second-order valence-corrected chi connectivity index (χ2v) is 5.91. The van der Waals surface area contributed by atoms with Crippen LogP contribution in [-0.2, 0) is 0 Å². The zero-order valence-electron chi connectivity index (χ0n) is 11.7. The van der Waals surface area contributed by atoms with Gasteiger partial charge in [-0.25, -0.2) is 8.78 Å². The lowest BCUT2D eigenvalue weighted by Crippen LogP contribution is -2.23. The van der Waals surface area contributed by atoms with Gasteiger partial charge in [-0.05, 0) is 42.5 Å². The van der Waals surface area contributed by atoms with E-state index in [0.717, 1.165) is 25.5 Å². The summed E-state index contributed by atoms with van der Waals surface area (Å²) < 4.78 is 26.5. The first kappa shape index (κ1) is 15.1. The fraction of sp³-hybridized carbons (Fsp3) is 0.600. The van der Waals surface area contributed by atoms with Crippen LogP contribution in [0.2, 0.25) is 0 Å². The van der Waals surface area contributed by atoms with Crippen molar-refractivity contribution in [2.45, 2.75) is 46.6 Å². The normalized spacial score (nSPS) is 13.7. The molecule has 0 saturated carbocycles. The molecule has 18 heavy (non-hydrogen) atoms. The number of benzene rings is 1. The zero-order valence-corrected chi connectivity index (χ0v) is 11.7. The molecule has 102 valence electrons. The lowest BCUT2D eigenvalue weighted by atomic mass is 9.87. The van der Waals surface area contributed by atoms with Gasteiger partial charge in [-0.2, -0.15) is 0 Å². The van der Waals surface area contributed by atoms with Gasteiger partial charge in [0.05, 0.1) is 0 Å². The third-order valence-electron chi connectivity index (χ3n) is 2.92. The van der Waals surface area contributed by atoms with Gasteiger partial charge in [0, 0.05) is 12.1 Å². The van der Waals surface area contributed by atoms with Crippen LogP contribution in [0.25, 0.3) is 0 Å². The Morgan fingerprint density at radius 3 is 2.11 bits per heavy atom. The summed E-state index contributed by atoms with van der Waals surface area (Å²) in [6.07, 6.45) is 1.88. The van der Waals surface area contributed by atoms with E-state index in [1.54, 1.807) is 0 Å². The molecule has 1 aromatic carbocycles. The summed E-state index contributed by atoms with van der Waals surface area (Å²) in [5.74, 6) is -1.02. The van der Waals surface area contributed by atoms with Crippen LogP contribution >= 0.6 is 0 Å². The maximum Gasteiger partial charge on any atom is 0.126 e. The van der Waals surface area contributed by atoms with Crippen LogP contribution in [0.4, 0.5) is 8.78 Å². The molecule has 0 fully saturated rings. The summed E-state index contributed by atoms with van der Waals surface area (Å²) in [6, 6.07) is 3.76. The van der Waals surface area contributed by atoms with Gasteiger partial charge in [-0.1, -0.05) is 27.7 Å². The highest BCUT2D eigenvalue weighted by molar-refractivity contribution is 5.21. The fourth-order valence-corrected chi connectivity index (χ4v) is 1.99. The average Bonchev–Trinajstić information content (AvgIpc) is 2.21. The Labute approximate surface area is 109 Å². The summed E-state index contributed by atoms with van der Waals surface area (Å²) in [4.78, 5) is 0. The minimum atomic E-state index is -0.510. The summed E-state index contributed by atoms with van der Waals surface area (Å²) in [6.45, 7) is 9.29. The number of rotatable bonds is 5. The van der Waals surface area contributed by atoms with Gasteiger partial charge >= 0.3 is 0 Å². The van der Waals surface area contributed by atoms with E-state index in [-0.39, 0.29) is 11.5 Å². The van der Waals surface area contributed by atoms with Crippen LogP contribution in [0, 0.1) is 17.0 Å². The van der Waals surface area contributed by atoms with E-state index in [1.807, 2.05) is 6.92 Å². The molecule has 0 aromatic heterocycles. The topological polar surface area (TPSA) is 12.0 Å². The van der Waals surface area contributed by atoms with E-state index in [0.29, 0.717) is 5.56 Å². The second-order valence-electron chi connectivity index (χ2n) is 5.91. The molecule has 1 N–H and O–H groups in total. The lowest BCUT2D eigenvalue weighted by Gasteiger charge is -2.24. The Kier molecular flexibility index (Phi) is 5.27. The molecule has 0 aliphatic rings. The van der Waals surface area contributed by atoms with Gasteiger partial charge in [0.25, 0.3) is 0 Å². The summed E-state index contributed by atoms with van der Waals surface area (Å²) in [5, 5.41) is 3.29. The highest BCUT2D eigenvalue weighted by atomic mass is 19.1. The summed E-state index contributed by atoms with van der Waals surface area (Å²) in [7, 11) is 0. The van der Waals surface area contributed by atoms with Crippen molar-refractivity contribution in [2.24, 2.45) is 5.41 Å². The van der Waals surface area contributed by atoms with E-state index in [4.69, 9.17) is 0 Å². The second kappa shape index (κ2) is 6.28. The molecule has 1 rings (SSSR count). The molecule has 0 spiro atoms. The first-order valence-corrected chi connectivity index (χ1v) is 6.51. The van der Waals surface area contributed by atoms with Gasteiger partial charge < -0.3 is 5.32 Å². The van der Waals surface area contributed by atoms with E-state index in [9.17, 15) is 8.78 Å². The highest BCUT2D eigenvalue weighted by Gasteiger charge is 2.17. The number of halogens is 2. The molecule has 1 aromatic rings. The molecular formula is C15H23F2N. The smallest absolute Gasteiger partial charge is 0.126 e. The zero-order chi connectivity index (χ0) is 13.8. The van der Waals surface area contributed by atoms with Crippen molar-refractivity contribution >= 4 is 0 Å². The molecule has 1 unspecified atom stereocenters. The third kappa shape index (κ3) is 5.13. The first-order chi connectivity index (χ1) is 8.31. The van der Waals surface area contributed by atoms with Gasteiger partial charge in [0.1, 0.15) is 11.6 Å². The largest absolute Gasteiger partial charge is 0.310 e. The quantitative estimate of drug-likeness (QED) is 0.820. The van der Waals surface area contributed by atoms with E-state index >= 15 is 0 Å². The van der Waals surface area contributed by atoms with E-state index < -0.39 is 11.6 Å². The van der Waals surface area contributed by atoms with Crippen molar-refractivity contribution in [1.29, 1.82) is 0 Å². The Hall–Kier alpha value is -0.960. The van der Waals surface area contributed by atoms with Gasteiger partial charge in [-0.3, -0.25) is 0 Å². The maximum absolute atomic E-state index is 13.2. The van der Waals surface area contributed by atoms with Crippen molar-refractivity contribution in [2.75, 3.05) is 6.54 Å². The van der Waals surface area contributed by atoms with Gasteiger partial charge in [0.2, 0.25) is 0 Å². The number of hydrogen-bond acceptors (Lipinski definition) is 1. The van der Waals surface area contributed by atoms with Crippen LogP contribution in [0.1, 0.15) is 52.1 Å². The van der Waals surface area contributed by atoms with Gasteiger partial charge in [-0.15, -0.1) is 0 Å². The Morgan fingerprint density at radius 2 is 1.67 bits per heavy atom. The molecule has 0 amide bonds. The summed E-state index contributed by atoms with van der Waals surface area (Å²) in [5.41, 5.74) is 0.915. The van der Waals surface area contributed by atoms with Crippen molar-refractivity contribution in [3.63, 3.8) is 0 Å². The molecule has 0 radical (unpaired) electrons. The van der Waals surface area contributed by atoms with Crippen LogP contribution < -0.4 is 5.32 Å².